The first kappa shape index (κ1) is 9.06. The highest BCUT2D eigenvalue weighted by Crippen LogP contribution is 2.17. The van der Waals surface area contributed by atoms with Gasteiger partial charge in [-0.1, -0.05) is 6.07 Å². The van der Waals surface area contributed by atoms with Crippen molar-refractivity contribution >= 4 is 17.4 Å². The van der Waals surface area contributed by atoms with E-state index < -0.39 is 6.09 Å². The van der Waals surface area contributed by atoms with Crippen molar-refractivity contribution in [2.75, 3.05) is 7.11 Å². The number of thiophene rings is 1. The van der Waals surface area contributed by atoms with Crippen LogP contribution in [0.4, 0.5) is 4.79 Å². The van der Waals surface area contributed by atoms with Crippen molar-refractivity contribution in [3.05, 3.63) is 22.4 Å². The first-order valence-corrected chi connectivity index (χ1v) is 4.50. The predicted octanol–water partition coefficient (Wildman–Crippen LogP) is 2.17. The predicted molar refractivity (Wildman–Crippen MR) is 48.3 cm³/mol. The Hall–Kier alpha value is -1.03. The number of rotatable bonds is 2. The van der Waals surface area contributed by atoms with Gasteiger partial charge >= 0.3 is 6.09 Å². The maximum absolute atomic E-state index is 10.8. The summed E-state index contributed by atoms with van der Waals surface area (Å²) < 4.78 is 4.47. The lowest BCUT2D eigenvalue weighted by molar-refractivity contribution is 0.167. The molecule has 1 heterocycles. The normalized spacial score (nSPS) is 12.2. The molecule has 1 rings (SSSR count). The summed E-state index contributed by atoms with van der Waals surface area (Å²) in [4.78, 5) is 11.9. The lowest BCUT2D eigenvalue weighted by Crippen LogP contribution is -2.25. The number of carbonyl (C=O) groups excluding carboxylic acids is 1. The maximum Gasteiger partial charge on any atom is 0.407 e. The molecule has 66 valence electrons. The van der Waals surface area contributed by atoms with Crippen LogP contribution in [0, 0.1) is 0 Å². The van der Waals surface area contributed by atoms with Crippen molar-refractivity contribution in [3.8, 4) is 0 Å². The molecule has 0 spiro atoms. The third-order valence-electron chi connectivity index (χ3n) is 1.49. The fourth-order valence-corrected chi connectivity index (χ4v) is 1.58. The summed E-state index contributed by atoms with van der Waals surface area (Å²) in [7, 11) is 1.36. The van der Waals surface area contributed by atoms with Gasteiger partial charge in [0.25, 0.3) is 0 Å². The molecule has 0 aliphatic carbocycles. The molecular formula is C8H11NO2S. The molecule has 1 aromatic rings. The molecule has 0 fully saturated rings. The summed E-state index contributed by atoms with van der Waals surface area (Å²) in [6.45, 7) is 1.92. The van der Waals surface area contributed by atoms with Crippen molar-refractivity contribution in [3.63, 3.8) is 0 Å². The number of methoxy groups -OCH3 is 1. The highest BCUT2D eigenvalue weighted by atomic mass is 32.1. The molecule has 1 atom stereocenters. The van der Waals surface area contributed by atoms with Gasteiger partial charge in [-0.05, 0) is 18.4 Å². The van der Waals surface area contributed by atoms with Crippen molar-refractivity contribution in [1.29, 1.82) is 0 Å². The highest BCUT2D eigenvalue weighted by molar-refractivity contribution is 7.10. The molecule has 0 radical (unpaired) electrons. The van der Waals surface area contributed by atoms with E-state index in [1.807, 2.05) is 24.4 Å². The van der Waals surface area contributed by atoms with Crippen molar-refractivity contribution in [1.82, 2.24) is 5.32 Å². The van der Waals surface area contributed by atoms with Crippen LogP contribution in [0.1, 0.15) is 17.8 Å². The summed E-state index contributed by atoms with van der Waals surface area (Å²) in [5.41, 5.74) is 0. The average molecular weight is 185 g/mol. The van der Waals surface area contributed by atoms with Gasteiger partial charge in [0.15, 0.2) is 0 Å². The number of hydrogen-bond donors (Lipinski definition) is 1. The van der Waals surface area contributed by atoms with Crippen LogP contribution >= 0.6 is 11.3 Å². The minimum atomic E-state index is -0.393. The molecule has 0 aromatic carbocycles. The largest absolute Gasteiger partial charge is 0.453 e. The third kappa shape index (κ3) is 2.23. The van der Waals surface area contributed by atoms with E-state index >= 15 is 0 Å². The van der Waals surface area contributed by atoms with Gasteiger partial charge in [0.1, 0.15) is 0 Å². The smallest absolute Gasteiger partial charge is 0.407 e. The van der Waals surface area contributed by atoms with Crippen LogP contribution < -0.4 is 5.32 Å². The molecule has 12 heavy (non-hydrogen) atoms. The van der Waals surface area contributed by atoms with E-state index in [1.54, 1.807) is 11.3 Å². The Bertz CT molecular complexity index is 246. The number of amides is 1. The second-order valence-electron chi connectivity index (χ2n) is 2.37. The van der Waals surface area contributed by atoms with E-state index in [4.69, 9.17) is 0 Å². The third-order valence-corrected chi connectivity index (χ3v) is 2.54. The molecule has 3 nitrogen and oxygen atoms in total. The lowest BCUT2D eigenvalue weighted by atomic mass is 10.3. The molecule has 0 saturated heterocycles. The van der Waals surface area contributed by atoms with Gasteiger partial charge in [-0.2, -0.15) is 0 Å². The van der Waals surface area contributed by atoms with E-state index in [-0.39, 0.29) is 6.04 Å². The second kappa shape index (κ2) is 4.11. The summed E-state index contributed by atoms with van der Waals surface area (Å²) in [6, 6.07) is 3.96. The molecule has 0 aliphatic heterocycles. The standard InChI is InChI=1S/C8H11NO2S/c1-6(9-8(10)11-2)7-4-3-5-12-7/h3-6H,1-2H3,(H,9,10)/t6-/m1/s1. The first-order chi connectivity index (χ1) is 5.74. The van der Waals surface area contributed by atoms with Crippen molar-refractivity contribution in [2.24, 2.45) is 0 Å². The van der Waals surface area contributed by atoms with Gasteiger partial charge < -0.3 is 10.1 Å². The minimum absolute atomic E-state index is 0.0254. The molecule has 0 saturated carbocycles. The Morgan fingerprint density at radius 3 is 3.00 bits per heavy atom. The van der Waals surface area contributed by atoms with Gasteiger partial charge in [-0.25, -0.2) is 4.79 Å². The van der Waals surface area contributed by atoms with Crippen LogP contribution in [0.25, 0.3) is 0 Å². The molecule has 1 aromatic heterocycles. The number of carbonyl (C=O) groups is 1. The summed E-state index contributed by atoms with van der Waals surface area (Å²) in [6.07, 6.45) is -0.393. The molecule has 4 heteroatoms. The summed E-state index contributed by atoms with van der Waals surface area (Å²) in [5, 5.41) is 4.66. The van der Waals surface area contributed by atoms with Crippen molar-refractivity contribution in [2.45, 2.75) is 13.0 Å². The van der Waals surface area contributed by atoms with Crippen molar-refractivity contribution < 1.29 is 9.53 Å². The number of hydrogen-bond acceptors (Lipinski definition) is 3. The molecule has 0 aliphatic rings. The first-order valence-electron chi connectivity index (χ1n) is 3.62. The molecule has 0 bridgehead atoms. The Labute approximate surface area is 75.4 Å². The van der Waals surface area contributed by atoms with E-state index in [2.05, 4.69) is 10.1 Å². The fourth-order valence-electron chi connectivity index (χ4n) is 0.844. The Balaban J connectivity index is 2.49. The minimum Gasteiger partial charge on any atom is -0.453 e. The Kier molecular flexibility index (Phi) is 3.10. The van der Waals surface area contributed by atoms with Gasteiger partial charge in [0.05, 0.1) is 13.2 Å². The Morgan fingerprint density at radius 2 is 2.50 bits per heavy atom. The summed E-state index contributed by atoms with van der Waals surface area (Å²) in [5.74, 6) is 0. The van der Waals surface area contributed by atoms with Crippen LogP contribution in [-0.4, -0.2) is 13.2 Å². The van der Waals surface area contributed by atoms with Gasteiger partial charge in [-0.3, -0.25) is 0 Å². The van der Waals surface area contributed by atoms with Crippen LogP contribution in [-0.2, 0) is 4.74 Å². The maximum atomic E-state index is 10.8. The van der Waals surface area contributed by atoms with Crippen LogP contribution in [0.5, 0.6) is 0 Å². The van der Waals surface area contributed by atoms with Crippen LogP contribution in [0.2, 0.25) is 0 Å². The van der Waals surface area contributed by atoms with E-state index in [9.17, 15) is 4.79 Å². The van der Waals surface area contributed by atoms with E-state index in [0.717, 1.165) is 4.88 Å². The summed E-state index contributed by atoms with van der Waals surface area (Å²) >= 11 is 1.61. The highest BCUT2D eigenvalue weighted by Gasteiger charge is 2.08. The number of alkyl carbamates (subject to hydrolysis) is 1. The van der Waals surface area contributed by atoms with Gasteiger partial charge in [0, 0.05) is 4.88 Å². The molecule has 1 amide bonds. The SMILES string of the molecule is COC(=O)N[C@H](C)c1cccs1. The van der Waals surface area contributed by atoms with E-state index in [0.29, 0.717) is 0 Å². The van der Waals surface area contributed by atoms with E-state index in [1.165, 1.54) is 7.11 Å². The van der Waals surface area contributed by atoms with Gasteiger partial charge in [0.2, 0.25) is 0 Å². The molecule has 1 N–H and O–H groups in total. The average Bonchev–Trinajstić information content (AvgIpc) is 2.56. The zero-order chi connectivity index (χ0) is 8.97. The monoisotopic (exact) mass is 185 g/mol. The zero-order valence-corrected chi connectivity index (χ0v) is 7.85. The van der Waals surface area contributed by atoms with Gasteiger partial charge in [-0.15, -0.1) is 11.3 Å². The number of ether oxygens (including phenoxy) is 1. The lowest BCUT2D eigenvalue weighted by Gasteiger charge is -2.09. The molecular weight excluding hydrogens is 174 g/mol. The number of nitrogens with one attached hydrogen (secondary N) is 1. The van der Waals surface area contributed by atoms with Crippen LogP contribution in [0.15, 0.2) is 17.5 Å². The molecule has 0 unspecified atom stereocenters. The fraction of sp³-hybridized carbons (Fsp3) is 0.375. The topological polar surface area (TPSA) is 38.3 Å². The zero-order valence-electron chi connectivity index (χ0n) is 7.03. The van der Waals surface area contributed by atoms with Crippen LogP contribution in [0.3, 0.4) is 0 Å². The quantitative estimate of drug-likeness (QED) is 0.766. The Morgan fingerprint density at radius 1 is 1.75 bits per heavy atom. The second-order valence-corrected chi connectivity index (χ2v) is 3.35.